The van der Waals surface area contributed by atoms with Crippen LogP contribution < -0.4 is 15.6 Å². The van der Waals surface area contributed by atoms with Crippen LogP contribution in [0.5, 0.6) is 5.75 Å². The molecule has 2 aliphatic heterocycles. The lowest BCUT2D eigenvalue weighted by atomic mass is 9.89. The van der Waals surface area contributed by atoms with Crippen LogP contribution in [0.25, 0.3) is 22.3 Å². The van der Waals surface area contributed by atoms with E-state index >= 15 is 0 Å². The number of aromatic nitrogens is 2. The molecule has 43 heavy (non-hydrogen) atoms. The van der Waals surface area contributed by atoms with Gasteiger partial charge < -0.3 is 29.2 Å². The number of nitrogens with zero attached hydrogens (tertiary/aromatic N) is 2. The summed E-state index contributed by atoms with van der Waals surface area (Å²) in [6.07, 6.45) is 1.32. The number of hydrogen-bond donors (Lipinski definition) is 2. The van der Waals surface area contributed by atoms with E-state index < -0.39 is 35.3 Å². The zero-order valence-electron chi connectivity index (χ0n) is 25.0. The van der Waals surface area contributed by atoms with Gasteiger partial charge in [-0.15, -0.1) is 0 Å². The molecule has 1 unspecified atom stereocenters. The van der Waals surface area contributed by atoms with Crippen molar-refractivity contribution in [1.82, 2.24) is 14.9 Å². The highest BCUT2D eigenvalue weighted by Gasteiger charge is 2.37. The molecule has 3 aromatic rings. The fourth-order valence-corrected chi connectivity index (χ4v) is 5.90. The summed E-state index contributed by atoms with van der Waals surface area (Å²) in [5, 5.41) is 14.4. The first-order valence-corrected chi connectivity index (χ1v) is 15.4. The third kappa shape index (κ3) is 6.12. The number of amides is 1. The number of alkyl carbamates (subject to hydrolysis) is 1. The van der Waals surface area contributed by atoms with Crippen molar-refractivity contribution in [1.29, 1.82) is 0 Å². The average Bonchev–Trinajstić information content (AvgIpc) is 3.23. The van der Waals surface area contributed by atoms with Crippen molar-refractivity contribution in [3.63, 3.8) is 0 Å². The van der Waals surface area contributed by atoms with Gasteiger partial charge in [-0.1, -0.05) is 0 Å². The summed E-state index contributed by atoms with van der Waals surface area (Å²) in [6.45, 7) is 8.70. The second kappa shape index (κ2) is 11.3. The first kappa shape index (κ1) is 30.6. The van der Waals surface area contributed by atoms with Crippen molar-refractivity contribution in [2.75, 3.05) is 12.0 Å². The number of esters is 2. The van der Waals surface area contributed by atoms with Crippen molar-refractivity contribution in [2.24, 2.45) is 0 Å². The van der Waals surface area contributed by atoms with Gasteiger partial charge in [-0.2, -0.15) is 11.8 Å². The van der Waals surface area contributed by atoms with Crippen LogP contribution in [0, 0.1) is 6.92 Å². The van der Waals surface area contributed by atoms with Crippen molar-refractivity contribution >= 4 is 40.7 Å². The van der Waals surface area contributed by atoms with E-state index in [-0.39, 0.29) is 30.7 Å². The summed E-state index contributed by atoms with van der Waals surface area (Å²) in [5.74, 6) is -0.262. The van der Waals surface area contributed by atoms with Gasteiger partial charge >= 0.3 is 18.0 Å². The number of fused-ring (bicyclic) bond motifs is 5. The Morgan fingerprint density at radius 2 is 1.98 bits per heavy atom. The van der Waals surface area contributed by atoms with Crippen LogP contribution in [0.4, 0.5) is 4.79 Å². The Morgan fingerprint density at radius 1 is 1.23 bits per heavy atom. The molecule has 1 amide bonds. The molecule has 2 atom stereocenters. The minimum atomic E-state index is -1.56. The largest absolute Gasteiger partial charge is 0.460 e. The molecule has 0 saturated carbocycles. The lowest BCUT2D eigenvalue weighted by molar-refractivity contribution is -0.148. The van der Waals surface area contributed by atoms with E-state index in [2.05, 4.69) is 5.32 Å². The minimum Gasteiger partial charge on any atom is -0.460 e. The van der Waals surface area contributed by atoms with E-state index in [1.165, 1.54) is 6.92 Å². The number of ether oxygens (including phenoxy) is 3. The molecular weight excluding hydrogens is 574 g/mol. The zero-order valence-corrected chi connectivity index (χ0v) is 25.8. The normalized spacial score (nSPS) is 18.2. The molecule has 2 aliphatic rings. The molecule has 228 valence electrons. The molecule has 2 aromatic heterocycles. The van der Waals surface area contributed by atoms with Gasteiger partial charge in [0.25, 0.3) is 5.56 Å². The van der Waals surface area contributed by atoms with Crippen LogP contribution in [0.15, 0.2) is 29.1 Å². The van der Waals surface area contributed by atoms with Gasteiger partial charge in [0, 0.05) is 10.9 Å². The number of cyclic esters (lactones) is 1. The molecule has 1 aromatic carbocycles. The molecule has 0 fully saturated rings. The van der Waals surface area contributed by atoms with Crippen LogP contribution in [-0.2, 0) is 37.8 Å². The van der Waals surface area contributed by atoms with Crippen molar-refractivity contribution in [2.45, 2.75) is 77.9 Å². The third-order valence-corrected chi connectivity index (χ3v) is 8.20. The molecule has 4 heterocycles. The predicted molar refractivity (Wildman–Crippen MR) is 161 cm³/mol. The molecule has 5 rings (SSSR count). The van der Waals surface area contributed by atoms with Crippen LogP contribution in [0.1, 0.15) is 62.8 Å². The first-order valence-electron chi connectivity index (χ1n) is 14.0. The summed E-state index contributed by atoms with van der Waals surface area (Å²) in [5.41, 5.74) is 1.48. The molecule has 12 heteroatoms. The van der Waals surface area contributed by atoms with Gasteiger partial charge in [0.05, 0.1) is 41.0 Å². The number of rotatable bonds is 6. The topological polar surface area (TPSA) is 146 Å². The van der Waals surface area contributed by atoms with E-state index in [4.69, 9.17) is 19.2 Å². The molecule has 0 spiro atoms. The van der Waals surface area contributed by atoms with Crippen molar-refractivity contribution in [3.8, 4) is 17.1 Å². The first-order chi connectivity index (χ1) is 20.2. The number of pyridine rings is 2. The smallest absolute Gasteiger partial charge is 0.408 e. The van der Waals surface area contributed by atoms with Crippen LogP contribution in [0.2, 0.25) is 0 Å². The van der Waals surface area contributed by atoms with E-state index in [9.17, 15) is 24.3 Å². The van der Waals surface area contributed by atoms with Gasteiger partial charge in [-0.3, -0.25) is 9.59 Å². The number of thioether (sulfide) groups is 1. The van der Waals surface area contributed by atoms with Gasteiger partial charge in [0.15, 0.2) is 0 Å². The number of benzene rings is 1. The average molecular weight is 610 g/mol. The maximum atomic E-state index is 13.5. The summed E-state index contributed by atoms with van der Waals surface area (Å²) in [4.78, 5) is 55.9. The van der Waals surface area contributed by atoms with Gasteiger partial charge in [-0.25, -0.2) is 14.6 Å². The number of hydrogen-bond acceptors (Lipinski definition) is 10. The molecule has 11 nitrogen and oxygen atoms in total. The lowest BCUT2D eigenvalue weighted by Gasteiger charge is -2.23. The highest BCUT2D eigenvalue weighted by atomic mass is 32.2. The standard InChI is InChI=1S/C31H35N3O8S/c1-16-18-11-17(41-28(37)23(9-10-43-6)33-29(38)42-30(2,3)4)7-8-22(18)32-26-19(16)14-34-24(26)12-21-20(27(34)36)15-40-25(35)13-31(21,5)39/h7-8,11-12,23,39H,9-10,13-15H2,1-6H3,(H,33,38)/t23-,31?/m0/s1. The van der Waals surface area contributed by atoms with Gasteiger partial charge in [0.1, 0.15) is 24.0 Å². The Bertz CT molecular complexity index is 1710. The second-order valence-corrected chi connectivity index (χ2v) is 13.1. The maximum absolute atomic E-state index is 13.5. The monoisotopic (exact) mass is 609 g/mol. The summed E-state index contributed by atoms with van der Waals surface area (Å²) >= 11 is 1.55. The van der Waals surface area contributed by atoms with E-state index in [0.717, 1.165) is 16.5 Å². The van der Waals surface area contributed by atoms with Crippen LogP contribution >= 0.6 is 11.8 Å². The predicted octanol–water partition coefficient (Wildman–Crippen LogP) is 3.94. The fourth-order valence-electron chi connectivity index (χ4n) is 5.43. The summed E-state index contributed by atoms with van der Waals surface area (Å²) < 4.78 is 17.8. The van der Waals surface area contributed by atoms with Crippen molar-refractivity contribution < 1.29 is 33.7 Å². The third-order valence-electron chi connectivity index (χ3n) is 7.55. The maximum Gasteiger partial charge on any atom is 0.408 e. The quantitative estimate of drug-likeness (QED) is 0.243. The summed E-state index contributed by atoms with van der Waals surface area (Å²) in [7, 11) is 0. The number of carbonyl (C=O) groups is 3. The molecule has 2 N–H and O–H groups in total. The fraction of sp³-hybridized carbons (Fsp3) is 0.452. The molecule has 0 saturated heterocycles. The molecular formula is C31H35N3O8S. The number of aryl methyl sites for hydroxylation is 1. The van der Waals surface area contributed by atoms with Gasteiger partial charge in [-0.05, 0) is 88.4 Å². The van der Waals surface area contributed by atoms with E-state index in [1.807, 2.05) is 13.2 Å². The summed E-state index contributed by atoms with van der Waals surface area (Å²) in [6, 6.07) is 5.91. The second-order valence-electron chi connectivity index (χ2n) is 12.1. The van der Waals surface area contributed by atoms with Crippen LogP contribution in [0.3, 0.4) is 0 Å². The zero-order chi connectivity index (χ0) is 31.3. The number of nitrogens with one attached hydrogen (secondary N) is 1. The van der Waals surface area contributed by atoms with Crippen LogP contribution in [-0.4, -0.2) is 56.3 Å². The molecule has 0 radical (unpaired) electrons. The van der Waals surface area contributed by atoms with Gasteiger partial charge in [0.2, 0.25) is 0 Å². The lowest BCUT2D eigenvalue weighted by Crippen LogP contribution is -2.45. The Hall–Kier alpha value is -3.90. The Kier molecular flexibility index (Phi) is 8.03. The Balaban J connectivity index is 1.46. The Labute approximate surface area is 252 Å². The molecule has 0 bridgehead atoms. The van der Waals surface area contributed by atoms with Crippen molar-refractivity contribution in [3.05, 3.63) is 56.9 Å². The number of carbonyl (C=O) groups excluding carboxylic acids is 3. The highest BCUT2D eigenvalue weighted by Crippen LogP contribution is 2.39. The van der Waals surface area contributed by atoms with E-state index in [1.54, 1.807) is 61.4 Å². The van der Waals surface area contributed by atoms with E-state index in [0.29, 0.717) is 40.4 Å². The minimum absolute atomic E-state index is 0.205. The highest BCUT2D eigenvalue weighted by molar-refractivity contribution is 7.98. The Morgan fingerprint density at radius 3 is 2.67 bits per heavy atom. The number of aliphatic hydroxyl groups is 1. The SMILES string of the molecule is CSCC[C@H](NC(=O)OC(C)(C)C)C(=O)Oc1ccc2nc3c(c(C)c2c1)Cn1c-3cc2c(c1=O)COC(=O)CC2(C)O. The molecule has 0 aliphatic carbocycles.